The molecule has 0 unspecified atom stereocenters. The van der Waals surface area contributed by atoms with E-state index in [9.17, 15) is 0 Å². The van der Waals surface area contributed by atoms with Crippen molar-refractivity contribution in [3.05, 3.63) is 0 Å². The molecule has 9 heavy (non-hydrogen) atoms. The Morgan fingerprint density at radius 1 is 1.22 bits per heavy atom. The van der Waals surface area contributed by atoms with Crippen LogP contribution in [-0.2, 0) is 4.99 Å². The molecule has 1 aliphatic carbocycles. The second kappa shape index (κ2) is 3.45. The first-order chi connectivity index (χ1) is 4.43. The van der Waals surface area contributed by atoms with Crippen molar-refractivity contribution >= 4 is 5.71 Å². The molecule has 1 N–H and O–H groups in total. The number of rotatable bonds is 1. The summed E-state index contributed by atoms with van der Waals surface area (Å²) in [5.41, 5.74) is 0.990. The lowest BCUT2D eigenvalue weighted by Crippen LogP contribution is -2.04. The minimum atomic E-state index is 0.987. The van der Waals surface area contributed by atoms with Gasteiger partial charge in [-0.25, -0.2) is 4.99 Å². The summed E-state index contributed by atoms with van der Waals surface area (Å²) in [6, 6.07) is 0. The van der Waals surface area contributed by atoms with E-state index in [4.69, 9.17) is 5.26 Å². The average Bonchev–Trinajstić information content (AvgIpc) is 1.91. The standard InChI is InChI=1S/C6H11NO2/c8-9-7-6-4-2-1-3-5-6/h8H,1-5H2. The molecule has 52 valence electrons. The minimum Gasteiger partial charge on any atom is -0.223 e. The zero-order chi connectivity index (χ0) is 6.53. The van der Waals surface area contributed by atoms with Gasteiger partial charge in [0.25, 0.3) is 0 Å². The predicted molar refractivity (Wildman–Crippen MR) is 34.2 cm³/mol. The fraction of sp³-hybridized carbons (Fsp3) is 0.833. The van der Waals surface area contributed by atoms with Gasteiger partial charge in [-0.2, -0.15) is 5.26 Å². The van der Waals surface area contributed by atoms with Crippen LogP contribution in [0.4, 0.5) is 0 Å². The maximum atomic E-state index is 7.93. The Morgan fingerprint density at radius 3 is 2.44 bits per heavy atom. The van der Waals surface area contributed by atoms with Crippen molar-refractivity contribution in [1.82, 2.24) is 0 Å². The lowest BCUT2D eigenvalue weighted by Gasteiger charge is -2.09. The van der Waals surface area contributed by atoms with Crippen molar-refractivity contribution in [2.24, 2.45) is 5.16 Å². The van der Waals surface area contributed by atoms with Crippen molar-refractivity contribution in [3.63, 3.8) is 0 Å². The molecule has 0 aliphatic heterocycles. The van der Waals surface area contributed by atoms with Gasteiger partial charge in [-0.1, -0.05) is 11.6 Å². The number of hydrogen-bond donors (Lipinski definition) is 1. The van der Waals surface area contributed by atoms with E-state index in [0.29, 0.717) is 0 Å². The molecule has 0 amide bonds. The maximum absolute atomic E-state index is 7.93. The van der Waals surface area contributed by atoms with Gasteiger partial charge in [-0.05, 0) is 25.7 Å². The Hall–Kier alpha value is -0.570. The van der Waals surface area contributed by atoms with Gasteiger partial charge in [0, 0.05) is 0 Å². The molecule has 0 bridgehead atoms. The Bertz CT molecular complexity index is 104. The van der Waals surface area contributed by atoms with Gasteiger partial charge in [0.15, 0.2) is 0 Å². The number of oxime groups is 1. The van der Waals surface area contributed by atoms with Gasteiger partial charge in [0.1, 0.15) is 0 Å². The van der Waals surface area contributed by atoms with Crippen molar-refractivity contribution in [3.8, 4) is 0 Å². The molecule has 3 heteroatoms. The van der Waals surface area contributed by atoms with E-state index in [1.165, 1.54) is 19.3 Å². The van der Waals surface area contributed by atoms with Crippen molar-refractivity contribution in [2.45, 2.75) is 32.1 Å². The van der Waals surface area contributed by atoms with Crippen LogP contribution in [0.2, 0.25) is 0 Å². The summed E-state index contributed by atoms with van der Waals surface area (Å²) in [5.74, 6) is 0. The molecular formula is C6H11NO2. The summed E-state index contributed by atoms with van der Waals surface area (Å²) in [6.07, 6.45) is 5.62. The second-order valence-corrected chi connectivity index (χ2v) is 2.30. The molecule has 0 aromatic heterocycles. The highest BCUT2D eigenvalue weighted by Crippen LogP contribution is 2.14. The summed E-state index contributed by atoms with van der Waals surface area (Å²) in [6.45, 7) is 0. The van der Waals surface area contributed by atoms with Crippen LogP contribution < -0.4 is 0 Å². The van der Waals surface area contributed by atoms with E-state index >= 15 is 0 Å². The molecular weight excluding hydrogens is 118 g/mol. The molecule has 0 radical (unpaired) electrons. The molecule has 0 spiro atoms. The maximum Gasteiger partial charge on any atom is 0.0612 e. The third-order valence-corrected chi connectivity index (χ3v) is 1.60. The van der Waals surface area contributed by atoms with E-state index in [2.05, 4.69) is 10.1 Å². The van der Waals surface area contributed by atoms with Gasteiger partial charge in [0.2, 0.25) is 0 Å². The van der Waals surface area contributed by atoms with Gasteiger partial charge < -0.3 is 0 Å². The molecule has 0 saturated heterocycles. The largest absolute Gasteiger partial charge is 0.223 e. The zero-order valence-electron chi connectivity index (χ0n) is 5.34. The van der Waals surface area contributed by atoms with Crippen LogP contribution >= 0.6 is 0 Å². The number of hydrogen-bond acceptors (Lipinski definition) is 3. The van der Waals surface area contributed by atoms with E-state index in [1.807, 2.05) is 0 Å². The van der Waals surface area contributed by atoms with Gasteiger partial charge in [-0.3, -0.25) is 0 Å². The van der Waals surface area contributed by atoms with E-state index in [0.717, 1.165) is 18.6 Å². The van der Waals surface area contributed by atoms with Crippen LogP contribution in [-0.4, -0.2) is 11.0 Å². The molecule has 1 aliphatic rings. The van der Waals surface area contributed by atoms with Crippen molar-refractivity contribution < 1.29 is 10.2 Å². The smallest absolute Gasteiger partial charge is 0.0612 e. The SMILES string of the molecule is OON=C1CCCCC1. The molecule has 1 rings (SSSR count). The van der Waals surface area contributed by atoms with Gasteiger partial charge in [-0.15, -0.1) is 0 Å². The fourth-order valence-corrected chi connectivity index (χ4v) is 1.11. The molecule has 0 atom stereocenters. The minimum absolute atomic E-state index is 0.987. The second-order valence-electron chi connectivity index (χ2n) is 2.30. The van der Waals surface area contributed by atoms with Crippen LogP contribution in [0.5, 0.6) is 0 Å². The highest BCUT2D eigenvalue weighted by Gasteiger charge is 2.06. The first-order valence-corrected chi connectivity index (χ1v) is 3.30. The first-order valence-electron chi connectivity index (χ1n) is 3.30. The number of nitrogens with zero attached hydrogens (tertiary/aromatic N) is 1. The summed E-state index contributed by atoms with van der Waals surface area (Å²) in [4.78, 5) is 3.67. The predicted octanol–water partition coefficient (Wildman–Crippen LogP) is 1.80. The van der Waals surface area contributed by atoms with Crippen LogP contribution in [0.25, 0.3) is 0 Å². The average molecular weight is 129 g/mol. The molecule has 3 nitrogen and oxygen atoms in total. The highest BCUT2D eigenvalue weighted by molar-refractivity contribution is 5.84. The summed E-state index contributed by atoms with van der Waals surface area (Å²) >= 11 is 0. The Labute approximate surface area is 54.2 Å². The van der Waals surface area contributed by atoms with Gasteiger partial charge >= 0.3 is 0 Å². The summed E-state index contributed by atoms with van der Waals surface area (Å²) in [5, 5.41) is 11.4. The van der Waals surface area contributed by atoms with Gasteiger partial charge in [0.05, 0.1) is 5.71 Å². The normalized spacial score (nSPS) is 19.4. The Balaban J connectivity index is 2.30. The van der Waals surface area contributed by atoms with E-state index in [-0.39, 0.29) is 0 Å². The Morgan fingerprint density at radius 2 is 1.89 bits per heavy atom. The lowest BCUT2D eigenvalue weighted by molar-refractivity contribution is -0.243. The molecule has 1 saturated carbocycles. The molecule has 0 aromatic carbocycles. The lowest BCUT2D eigenvalue weighted by atomic mass is 9.99. The van der Waals surface area contributed by atoms with Crippen molar-refractivity contribution in [1.29, 1.82) is 0 Å². The highest BCUT2D eigenvalue weighted by atomic mass is 17.2. The molecule has 0 aromatic rings. The quantitative estimate of drug-likeness (QED) is 0.433. The molecule has 1 fully saturated rings. The first kappa shape index (κ1) is 6.55. The zero-order valence-corrected chi connectivity index (χ0v) is 5.34. The molecule has 0 heterocycles. The topological polar surface area (TPSA) is 41.8 Å². The van der Waals surface area contributed by atoms with Crippen molar-refractivity contribution in [2.75, 3.05) is 0 Å². The van der Waals surface area contributed by atoms with Crippen LogP contribution in [0, 0.1) is 0 Å². The van der Waals surface area contributed by atoms with Crippen LogP contribution in [0.1, 0.15) is 32.1 Å². The third kappa shape index (κ3) is 2.01. The summed E-state index contributed by atoms with van der Waals surface area (Å²) in [7, 11) is 0. The monoisotopic (exact) mass is 129 g/mol. The van der Waals surface area contributed by atoms with Crippen LogP contribution in [0.15, 0.2) is 5.16 Å². The third-order valence-electron chi connectivity index (χ3n) is 1.60. The fourth-order valence-electron chi connectivity index (χ4n) is 1.11. The Kier molecular flexibility index (Phi) is 2.51. The van der Waals surface area contributed by atoms with E-state index < -0.39 is 0 Å². The van der Waals surface area contributed by atoms with Crippen LogP contribution in [0.3, 0.4) is 0 Å². The summed E-state index contributed by atoms with van der Waals surface area (Å²) < 4.78 is 0. The van der Waals surface area contributed by atoms with E-state index in [1.54, 1.807) is 0 Å².